The van der Waals surface area contributed by atoms with Gasteiger partial charge in [-0.2, -0.15) is 0 Å². The SMILES string of the molecule is Cc1nc2c(c(N3CCC(NC(=O)c4cc(=O)[nH]c5ccc(F)cc45)CC3)n1)CCCC2. The molecule has 0 spiro atoms. The van der Waals surface area contributed by atoms with Crippen molar-refractivity contribution in [3.8, 4) is 0 Å². The molecule has 2 aromatic heterocycles. The topological polar surface area (TPSA) is 91.0 Å². The van der Waals surface area contributed by atoms with Gasteiger partial charge in [0.25, 0.3) is 5.91 Å². The van der Waals surface area contributed by atoms with Crippen molar-refractivity contribution in [3.05, 3.63) is 63.1 Å². The normalized spacial score (nSPS) is 16.8. The zero-order chi connectivity index (χ0) is 22.2. The first-order chi connectivity index (χ1) is 15.5. The number of benzene rings is 1. The molecule has 3 heterocycles. The van der Waals surface area contributed by atoms with E-state index in [1.165, 1.54) is 48.4 Å². The van der Waals surface area contributed by atoms with Crippen molar-refractivity contribution in [2.45, 2.75) is 51.5 Å². The second-order valence-corrected chi connectivity index (χ2v) is 8.70. The molecule has 32 heavy (non-hydrogen) atoms. The Morgan fingerprint density at radius 3 is 2.75 bits per heavy atom. The van der Waals surface area contributed by atoms with Gasteiger partial charge in [-0.25, -0.2) is 14.4 Å². The highest BCUT2D eigenvalue weighted by atomic mass is 19.1. The number of aromatic nitrogens is 3. The third kappa shape index (κ3) is 3.97. The molecule has 0 atom stereocenters. The molecule has 2 aliphatic rings. The number of nitrogens with one attached hydrogen (secondary N) is 2. The van der Waals surface area contributed by atoms with Crippen LogP contribution in [-0.2, 0) is 12.8 Å². The van der Waals surface area contributed by atoms with Gasteiger partial charge in [-0.15, -0.1) is 0 Å². The number of fused-ring (bicyclic) bond motifs is 2. The smallest absolute Gasteiger partial charge is 0.252 e. The zero-order valence-corrected chi connectivity index (χ0v) is 18.1. The summed E-state index contributed by atoms with van der Waals surface area (Å²) in [4.78, 5) is 39.3. The van der Waals surface area contributed by atoms with Gasteiger partial charge in [0.05, 0.1) is 5.56 Å². The molecule has 1 amide bonds. The van der Waals surface area contributed by atoms with Crippen molar-refractivity contribution in [2.75, 3.05) is 18.0 Å². The highest BCUT2D eigenvalue weighted by Gasteiger charge is 2.26. The van der Waals surface area contributed by atoms with E-state index >= 15 is 0 Å². The van der Waals surface area contributed by atoms with E-state index in [1.807, 2.05) is 6.92 Å². The zero-order valence-electron chi connectivity index (χ0n) is 18.1. The van der Waals surface area contributed by atoms with Crippen LogP contribution in [-0.4, -0.2) is 40.0 Å². The fraction of sp³-hybridized carbons (Fsp3) is 0.417. The Balaban J connectivity index is 1.31. The van der Waals surface area contributed by atoms with Gasteiger partial charge in [0.15, 0.2) is 0 Å². The van der Waals surface area contributed by atoms with Gasteiger partial charge in [-0.1, -0.05) is 0 Å². The fourth-order valence-corrected chi connectivity index (χ4v) is 4.87. The minimum atomic E-state index is -0.449. The van der Waals surface area contributed by atoms with Crippen LogP contribution in [0.2, 0.25) is 0 Å². The second kappa shape index (κ2) is 8.33. The Kier molecular flexibility index (Phi) is 5.36. The average molecular weight is 436 g/mol. The molecule has 166 valence electrons. The number of rotatable bonds is 3. The van der Waals surface area contributed by atoms with Crippen LogP contribution >= 0.6 is 0 Å². The van der Waals surface area contributed by atoms with Crippen molar-refractivity contribution in [2.24, 2.45) is 0 Å². The van der Waals surface area contributed by atoms with Gasteiger partial charge in [0.2, 0.25) is 5.56 Å². The van der Waals surface area contributed by atoms with E-state index in [1.54, 1.807) is 0 Å². The van der Waals surface area contributed by atoms with E-state index < -0.39 is 5.82 Å². The molecule has 1 aliphatic heterocycles. The Morgan fingerprint density at radius 1 is 1.16 bits per heavy atom. The summed E-state index contributed by atoms with van der Waals surface area (Å²) >= 11 is 0. The van der Waals surface area contributed by atoms with Crippen LogP contribution in [0.25, 0.3) is 10.9 Å². The summed E-state index contributed by atoms with van der Waals surface area (Å²) in [6.07, 6.45) is 5.94. The summed E-state index contributed by atoms with van der Waals surface area (Å²) < 4.78 is 13.8. The average Bonchev–Trinajstić information content (AvgIpc) is 2.78. The Labute approximate surface area is 185 Å². The lowest BCUT2D eigenvalue weighted by Crippen LogP contribution is -2.45. The number of piperidine rings is 1. The second-order valence-electron chi connectivity index (χ2n) is 8.70. The number of hydrogen-bond donors (Lipinski definition) is 2. The lowest BCUT2D eigenvalue weighted by atomic mass is 9.95. The van der Waals surface area contributed by atoms with Crippen molar-refractivity contribution >= 4 is 22.6 Å². The van der Waals surface area contributed by atoms with Gasteiger partial charge in [-0.3, -0.25) is 9.59 Å². The number of aryl methyl sites for hydroxylation is 2. The van der Waals surface area contributed by atoms with Gasteiger partial charge in [0, 0.05) is 47.4 Å². The number of halogens is 1. The first kappa shape index (κ1) is 20.6. The lowest BCUT2D eigenvalue weighted by molar-refractivity contribution is 0.0932. The van der Waals surface area contributed by atoms with Gasteiger partial charge >= 0.3 is 0 Å². The predicted octanol–water partition coefficient (Wildman–Crippen LogP) is 3.04. The van der Waals surface area contributed by atoms with E-state index in [0.29, 0.717) is 10.9 Å². The molecule has 1 saturated heterocycles. The third-order valence-electron chi connectivity index (χ3n) is 6.45. The quantitative estimate of drug-likeness (QED) is 0.660. The van der Waals surface area contributed by atoms with E-state index in [4.69, 9.17) is 4.98 Å². The van der Waals surface area contributed by atoms with E-state index in [0.717, 1.165) is 50.4 Å². The monoisotopic (exact) mass is 435 g/mol. The fourth-order valence-electron chi connectivity index (χ4n) is 4.87. The Morgan fingerprint density at radius 2 is 1.94 bits per heavy atom. The summed E-state index contributed by atoms with van der Waals surface area (Å²) in [5.41, 5.74) is 2.73. The molecular formula is C24H26FN5O2. The summed E-state index contributed by atoms with van der Waals surface area (Å²) in [5, 5.41) is 3.45. The lowest BCUT2D eigenvalue weighted by Gasteiger charge is -2.35. The highest BCUT2D eigenvalue weighted by Crippen LogP contribution is 2.30. The molecule has 1 aromatic carbocycles. The van der Waals surface area contributed by atoms with E-state index in [9.17, 15) is 14.0 Å². The molecule has 8 heteroatoms. The number of carbonyl (C=O) groups is 1. The van der Waals surface area contributed by atoms with Crippen molar-refractivity contribution in [1.29, 1.82) is 0 Å². The minimum Gasteiger partial charge on any atom is -0.356 e. The molecule has 0 saturated carbocycles. The summed E-state index contributed by atoms with van der Waals surface area (Å²) in [7, 11) is 0. The standard InChI is InChI=1S/C24H26FN5O2/c1-14-26-20-5-3-2-4-17(20)23(27-14)30-10-8-16(9-11-30)28-24(32)19-13-22(31)29-21-7-6-15(25)12-18(19)21/h6-7,12-13,16H,2-5,8-11H2,1H3,(H,28,32)(H,29,31). The Bertz CT molecular complexity index is 1250. The molecule has 0 unspecified atom stereocenters. The summed E-state index contributed by atoms with van der Waals surface area (Å²) in [6.45, 7) is 3.53. The molecule has 2 N–H and O–H groups in total. The van der Waals surface area contributed by atoms with Crippen LogP contribution in [0.1, 0.15) is 53.1 Å². The molecule has 0 radical (unpaired) electrons. The highest BCUT2D eigenvalue weighted by molar-refractivity contribution is 6.06. The molecular weight excluding hydrogens is 409 g/mol. The number of carbonyl (C=O) groups excluding carboxylic acids is 1. The van der Waals surface area contributed by atoms with Crippen molar-refractivity contribution < 1.29 is 9.18 Å². The molecule has 1 fully saturated rings. The molecule has 1 aliphatic carbocycles. The molecule has 5 rings (SSSR count). The summed E-state index contributed by atoms with van der Waals surface area (Å²) in [6, 6.07) is 5.25. The molecule has 7 nitrogen and oxygen atoms in total. The van der Waals surface area contributed by atoms with Gasteiger partial charge in [-0.05, 0) is 63.6 Å². The first-order valence-corrected chi connectivity index (χ1v) is 11.2. The number of pyridine rings is 1. The Hall–Kier alpha value is -3.29. The molecule has 0 bridgehead atoms. The maximum Gasteiger partial charge on any atom is 0.252 e. The predicted molar refractivity (Wildman–Crippen MR) is 121 cm³/mol. The van der Waals surface area contributed by atoms with Gasteiger partial charge in [0.1, 0.15) is 17.5 Å². The molecule has 3 aromatic rings. The largest absolute Gasteiger partial charge is 0.356 e. The summed E-state index contributed by atoms with van der Waals surface area (Å²) in [5.74, 6) is 1.06. The number of hydrogen-bond acceptors (Lipinski definition) is 5. The number of nitrogens with zero attached hydrogens (tertiary/aromatic N) is 3. The third-order valence-corrected chi connectivity index (χ3v) is 6.45. The number of amides is 1. The van der Waals surface area contributed by atoms with Crippen LogP contribution in [0.3, 0.4) is 0 Å². The minimum absolute atomic E-state index is 0.0135. The van der Waals surface area contributed by atoms with Crippen LogP contribution in [0.5, 0.6) is 0 Å². The van der Waals surface area contributed by atoms with Crippen LogP contribution in [0, 0.1) is 12.7 Å². The number of aromatic amines is 1. The van der Waals surface area contributed by atoms with Crippen molar-refractivity contribution in [3.63, 3.8) is 0 Å². The van der Waals surface area contributed by atoms with Crippen LogP contribution < -0.4 is 15.8 Å². The van der Waals surface area contributed by atoms with Crippen LogP contribution in [0.15, 0.2) is 29.1 Å². The first-order valence-electron chi connectivity index (χ1n) is 11.2. The van der Waals surface area contributed by atoms with Gasteiger partial charge < -0.3 is 15.2 Å². The number of H-pyrrole nitrogens is 1. The maximum absolute atomic E-state index is 13.8. The van der Waals surface area contributed by atoms with E-state index in [-0.39, 0.29) is 23.1 Å². The van der Waals surface area contributed by atoms with Crippen LogP contribution in [0.4, 0.5) is 10.2 Å². The van der Waals surface area contributed by atoms with Crippen molar-refractivity contribution in [1.82, 2.24) is 20.3 Å². The van der Waals surface area contributed by atoms with E-state index in [2.05, 4.69) is 20.2 Å². The number of anilines is 1. The maximum atomic E-state index is 13.8.